The van der Waals surface area contributed by atoms with Gasteiger partial charge in [-0.25, -0.2) is 48.6 Å². The number of ether oxygens (including phenoxy) is 5. The first-order valence-corrected chi connectivity index (χ1v) is 27.4. The van der Waals surface area contributed by atoms with Gasteiger partial charge in [0, 0.05) is 0 Å². The zero-order valence-electron chi connectivity index (χ0n) is 39.5. The maximum absolute atomic E-state index is 15.7. The molecule has 400 valence electrons. The van der Waals surface area contributed by atoms with Gasteiger partial charge in [-0.3, -0.25) is 0 Å². The first kappa shape index (κ1) is 56.1. The van der Waals surface area contributed by atoms with Crippen molar-refractivity contribution in [3.8, 4) is 0 Å². The van der Waals surface area contributed by atoms with E-state index in [1.54, 1.807) is 51.1 Å². The third kappa shape index (κ3) is 13.5. The molecule has 7 rings (SSSR count). The molecule has 1 amide bonds. The van der Waals surface area contributed by atoms with Crippen molar-refractivity contribution in [2.24, 2.45) is 0 Å². The lowest BCUT2D eigenvalue weighted by atomic mass is 9.84. The van der Waals surface area contributed by atoms with Gasteiger partial charge in [0.2, 0.25) is 30.1 Å². The number of amides is 1. The van der Waals surface area contributed by atoms with Gasteiger partial charge < -0.3 is 59.6 Å². The van der Waals surface area contributed by atoms with Crippen LogP contribution >= 0.6 is 0 Å². The van der Waals surface area contributed by atoms with Crippen molar-refractivity contribution in [2.45, 2.75) is 140 Å². The van der Waals surface area contributed by atoms with E-state index in [2.05, 4.69) is 19.5 Å². The molecule has 1 aliphatic carbocycles. The van der Waals surface area contributed by atoms with E-state index in [0.717, 1.165) is 0 Å². The lowest BCUT2D eigenvalue weighted by Crippen LogP contribution is -2.70. The van der Waals surface area contributed by atoms with Gasteiger partial charge in [-0.2, -0.15) is 0 Å². The Morgan fingerprint density at radius 1 is 0.589 bits per heavy atom. The van der Waals surface area contributed by atoms with E-state index in [-0.39, 0.29) is 21.3 Å². The van der Waals surface area contributed by atoms with E-state index in [9.17, 15) is 60.7 Å². The fraction of sp³-hybridized carbons (Fsp3) is 0.468. The first-order chi connectivity index (χ1) is 34.5. The summed E-state index contributed by atoms with van der Waals surface area (Å²) in [6.07, 6.45) is -26.8. The van der Waals surface area contributed by atoms with Gasteiger partial charge in [0.15, 0.2) is 18.8 Å². The van der Waals surface area contributed by atoms with Gasteiger partial charge in [0.05, 0.1) is 46.0 Å². The minimum absolute atomic E-state index is 0.164. The van der Waals surface area contributed by atoms with Gasteiger partial charge in [-0.05, 0) is 69.2 Å². The molecule has 4 aromatic rings. The van der Waals surface area contributed by atoms with Crippen LogP contribution in [0.5, 0.6) is 0 Å². The Labute approximate surface area is 421 Å². The Morgan fingerprint density at radius 3 is 1.49 bits per heavy atom. The van der Waals surface area contributed by atoms with Crippen LogP contribution in [0.1, 0.15) is 28.7 Å². The second-order valence-electron chi connectivity index (χ2n) is 18.1. The molecule has 0 unspecified atom stereocenters. The highest BCUT2D eigenvalue weighted by atomic mass is 32.2. The predicted molar refractivity (Wildman–Crippen MR) is 254 cm³/mol. The number of rotatable bonds is 18. The summed E-state index contributed by atoms with van der Waals surface area (Å²) in [6.45, 7) is 3.30. The molecular formula is C47H59FN4O18S3. The second kappa shape index (κ2) is 23.5. The molecule has 26 heteroatoms. The second-order valence-corrected chi connectivity index (χ2v) is 23.2. The van der Waals surface area contributed by atoms with Crippen LogP contribution in [0.15, 0.2) is 118 Å². The van der Waals surface area contributed by atoms with Gasteiger partial charge in [-0.15, -0.1) is 0 Å². The molecule has 3 fully saturated rings. The summed E-state index contributed by atoms with van der Waals surface area (Å²) in [5.41, 5.74) is 2.72. The summed E-state index contributed by atoms with van der Waals surface area (Å²) in [7, 11) is -13.8. The molecule has 10 N–H and O–H groups in total. The van der Waals surface area contributed by atoms with Crippen LogP contribution in [-0.4, -0.2) is 167 Å². The number of aliphatic hydroxyl groups excluding tert-OH is 6. The van der Waals surface area contributed by atoms with Crippen LogP contribution < -0.4 is 19.5 Å². The van der Waals surface area contributed by atoms with Gasteiger partial charge >= 0.3 is 6.09 Å². The van der Waals surface area contributed by atoms with Crippen molar-refractivity contribution in [1.82, 2.24) is 19.5 Å². The third-order valence-electron chi connectivity index (χ3n) is 12.6. The predicted octanol–water partition coefficient (Wildman–Crippen LogP) is -0.362. The molecular weight excluding hydrogens is 1020 g/mol. The highest BCUT2D eigenvalue weighted by Gasteiger charge is 2.55. The number of hydrogen-bond donors (Lipinski definition) is 10. The van der Waals surface area contributed by atoms with Crippen molar-refractivity contribution in [2.75, 3.05) is 13.2 Å². The molecule has 3 aliphatic rings. The van der Waals surface area contributed by atoms with E-state index >= 15 is 4.39 Å². The van der Waals surface area contributed by atoms with Crippen LogP contribution in [-0.2, 0) is 60.4 Å². The number of aryl methyl sites for hydroxylation is 3. The van der Waals surface area contributed by atoms with Crippen LogP contribution in [0, 0.1) is 20.8 Å². The van der Waals surface area contributed by atoms with Crippen LogP contribution in [0.2, 0.25) is 0 Å². The lowest BCUT2D eigenvalue weighted by Gasteiger charge is -2.49. The number of alkyl halides is 1. The molecule has 0 spiro atoms. The summed E-state index contributed by atoms with van der Waals surface area (Å²) in [6, 6.07) is 19.8. The molecule has 1 saturated carbocycles. The summed E-state index contributed by atoms with van der Waals surface area (Å²) in [4.78, 5) is 11.8. The molecule has 15 atom stereocenters. The standard InChI is InChI=1S/C47H59FN4O18S3/c1-25-9-15-29(16-10-25)71(60,61)50-32-21-33(51-72(62,63)30-17-11-26(2)12-18-30)44(70-46-41(57)39(55)36(48)34(67-46)22-49-47(59)66-24-28-7-5-4-6-8-28)42(58)43(32)69-45-40(56)37(38(54)35(23-53)68-45)52-73(64,65)31-19-13-27(3)14-20-31/h4-20,32-46,50-58H,21-24H2,1-3H3,(H,49,59)/t32-,33+,34-,35-,36-,37+,38-,39+,40-,41-,42-,43+,44-,45-,46-/m1/s1. The number of carbonyl (C=O) groups excluding carboxylic acids is 1. The van der Waals surface area contributed by atoms with Crippen molar-refractivity contribution in [3.63, 3.8) is 0 Å². The molecule has 4 aromatic carbocycles. The molecule has 0 aromatic heterocycles. The zero-order valence-corrected chi connectivity index (χ0v) is 41.9. The highest BCUT2D eigenvalue weighted by molar-refractivity contribution is 7.90. The van der Waals surface area contributed by atoms with Crippen molar-refractivity contribution < 1.29 is 88.8 Å². The number of alkyl carbamates (subject to hydrolysis) is 1. The molecule has 73 heavy (non-hydrogen) atoms. The summed E-state index contributed by atoms with van der Waals surface area (Å²) < 4.78 is 135. The van der Waals surface area contributed by atoms with Gasteiger partial charge in [0.1, 0.15) is 61.5 Å². The number of halogens is 1. The molecule has 2 saturated heterocycles. The number of benzene rings is 4. The monoisotopic (exact) mass is 1080 g/mol. The number of carbonyl (C=O) groups is 1. The molecule has 2 aliphatic heterocycles. The average molecular weight is 1080 g/mol. The normalized spacial score (nSPS) is 31.1. The maximum Gasteiger partial charge on any atom is 0.407 e. The van der Waals surface area contributed by atoms with E-state index in [1.165, 1.54) is 72.8 Å². The highest BCUT2D eigenvalue weighted by Crippen LogP contribution is 2.35. The quantitative estimate of drug-likeness (QED) is 0.0608. The fourth-order valence-corrected chi connectivity index (χ4v) is 12.3. The Hall–Kier alpha value is -4.59. The maximum atomic E-state index is 15.7. The lowest BCUT2D eigenvalue weighted by molar-refractivity contribution is -0.329. The third-order valence-corrected chi connectivity index (χ3v) is 17.1. The SMILES string of the molecule is Cc1ccc(S(=O)(=O)N[C@@H]2[C@@H](O)[C@@H](O[C@@H]3[C@@H](O)[C@H](O[C@H]4O[C@H](CNC(=O)OCc5ccccc5)[C@@H](F)[C@H](O)[C@H]4O)[C@@H](NS(=O)(=O)c4ccc(C)cc4)C[C@H]3NS(=O)(=O)c3ccc(C)cc3)O[C@H](CO)[C@H]2O)cc1. The number of aliphatic hydroxyl groups is 6. The molecule has 2 heterocycles. The average Bonchev–Trinajstić information content (AvgIpc) is 3.35. The summed E-state index contributed by atoms with van der Waals surface area (Å²) in [5, 5.41) is 70.3. The molecule has 0 radical (unpaired) electrons. The van der Waals surface area contributed by atoms with Crippen molar-refractivity contribution in [1.29, 1.82) is 0 Å². The van der Waals surface area contributed by atoms with Crippen LogP contribution in [0.3, 0.4) is 0 Å². The van der Waals surface area contributed by atoms with E-state index in [4.69, 9.17) is 23.7 Å². The Balaban J connectivity index is 1.23. The Kier molecular flexibility index (Phi) is 18.1. The van der Waals surface area contributed by atoms with Crippen LogP contribution in [0.4, 0.5) is 9.18 Å². The first-order valence-electron chi connectivity index (χ1n) is 23.0. The fourth-order valence-electron chi connectivity index (χ4n) is 8.50. The van der Waals surface area contributed by atoms with E-state index in [0.29, 0.717) is 22.3 Å². The Bertz CT molecular complexity index is 2820. The number of hydrogen-bond acceptors (Lipinski definition) is 18. The molecule has 0 bridgehead atoms. The van der Waals surface area contributed by atoms with Crippen molar-refractivity contribution in [3.05, 3.63) is 125 Å². The number of nitrogens with one attached hydrogen (secondary N) is 4. The van der Waals surface area contributed by atoms with Gasteiger partial charge in [-0.1, -0.05) is 83.4 Å². The summed E-state index contributed by atoms with van der Waals surface area (Å²) in [5.74, 6) is 0. The topological polar surface area (TPSA) is 335 Å². The zero-order chi connectivity index (χ0) is 53.0. The minimum atomic E-state index is -4.63. The molecule has 22 nitrogen and oxygen atoms in total. The smallest absolute Gasteiger partial charge is 0.407 e. The summed E-state index contributed by atoms with van der Waals surface area (Å²) >= 11 is 0. The van der Waals surface area contributed by atoms with Crippen LogP contribution in [0.25, 0.3) is 0 Å². The van der Waals surface area contributed by atoms with E-state index in [1.807, 2.05) is 0 Å². The largest absolute Gasteiger partial charge is 0.445 e. The van der Waals surface area contributed by atoms with E-state index < -0.39 is 148 Å². The van der Waals surface area contributed by atoms with Crippen molar-refractivity contribution >= 4 is 36.2 Å². The number of sulfonamides is 3. The minimum Gasteiger partial charge on any atom is -0.445 e. The van der Waals surface area contributed by atoms with Gasteiger partial charge in [0.25, 0.3) is 0 Å². The Morgan fingerprint density at radius 2 is 1.03 bits per heavy atom.